The van der Waals surface area contributed by atoms with Crippen molar-refractivity contribution in [2.45, 2.75) is 39.4 Å². The lowest BCUT2D eigenvalue weighted by Crippen LogP contribution is -2.14. The van der Waals surface area contributed by atoms with Crippen molar-refractivity contribution < 1.29 is 9.84 Å². The number of hydrogen-bond donors (Lipinski definition) is 1. The van der Waals surface area contributed by atoms with Gasteiger partial charge in [0.15, 0.2) is 0 Å². The summed E-state index contributed by atoms with van der Waals surface area (Å²) >= 11 is 0. The van der Waals surface area contributed by atoms with Crippen LogP contribution in [0.5, 0.6) is 0 Å². The summed E-state index contributed by atoms with van der Waals surface area (Å²) in [6.45, 7) is 6.43. The predicted molar refractivity (Wildman–Crippen MR) is 37.4 cm³/mol. The molecule has 0 radical (unpaired) electrons. The average molecular weight is 132 g/mol. The normalized spacial score (nSPS) is 17.3. The number of rotatable bonds is 4. The van der Waals surface area contributed by atoms with E-state index in [-0.39, 0.29) is 12.2 Å². The maximum atomic E-state index is 8.87. The molecular weight excluding hydrogens is 116 g/mol. The van der Waals surface area contributed by atoms with Crippen LogP contribution in [0.15, 0.2) is 0 Å². The maximum Gasteiger partial charge on any atom is 0.0571 e. The summed E-state index contributed by atoms with van der Waals surface area (Å²) in [6.07, 6.45) is 0.676. The van der Waals surface area contributed by atoms with Gasteiger partial charge < -0.3 is 9.84 Å². The summed E-state index contributed by atoms with van der Waals surface area (Å²) in [4.78, 5) is 0. The predicted octanol–water partition coefficient (Wildman–Crippen LogP) is 1.18. The molecule has 1 N–H and O–H groups in total. The molecule has 0 amide bonds. The minimum atomic E-state index is -0.244. The fourth-order valence-electron chi connectivity index (χ4n) is 0.833. The van der Waals surface area contributed by atoms with Gasteiger partial charge in [0.2, 0.25) is 0 Å². The molecule has 0 rings (SSSR count). The topological polar surface area (TPSA) is 29.5 Å². The van der Waals surface area contributed by atoms with E-state index in [4.69, 9.17) is 9.84 Å². The van der Waals surface area contributed by atoms with Gasteiger partial charge in [-0.3, -0.25) is 0 Å². The minimum absolute atomic E-state index is 0.190. The standard InChI is InChI=1S/C7H16O2/c1-4-9-7(3)5-6(2)8/h6-8H,4-5H2,1-3H3/t6-,7+/m0/s1. The van der Waals surface area contributed by atoms with Gasteiger partial charge in [-0.25, -0.2) is 0 Å². The van der Waals surface area contributed by atoms with Crippen molar-refractivity contribution in [3.05, 3.63) is 0 Å². The maximum absolute atomic E-state index is 8.87. The summed E-state index contributed by atoms with van der Waals surface area (Å²) in [7, 11) is 0. The summed E-state index contributed by atoms with van der Waals surface area (Å²) in [6, 6.07) is 0. The summed E-state index contributed by atoms with van der Waals surface area (Å²) in [5, 5.41) is 8.87. The van der Waals surface area contributed by atoms with Crippen LogP contribution in [-0.2, 0) is 4.74 Å². The zero-order chi connectivity index (χ0) is 7.28. The van der Waals surface area contributed by atoms with Crippen LogP contribution in [-0.4, -0.2) is 23.9 Å². The Morgan fingerprint density at radius 2 is 2.00 bits per heavy atom. The number of aliphatic hydroxyl groups is 1. The molecule has 0 aromatic rings. The Morgan fingerprint density at radius 3 is 2.33 bits per heavy atom. The van der Waals surface area contributed by atoms with Gasteiger partial charge in [-0.15, -0.1) is 0 Å². The molecule has 0 bridgehead atoms. The van der Waals surface area contributed by atoms with Gasteiger partial charge in [0, 0.05) is 6.61 Å². The SMILES string of the molecule is CCO[C@H](C)C[C@H](C)O. The van der Waals surface area contributed by atoms with Crippen molar-refractivity contribution in [2.24, 2.45) is 0 Å². The third-order valence-corrected chi connectivity index (χ3v) is 1.12. The Hall–Kier alpha value is -0.0800. The minimum Gasteiger partial charge on any atom is -0.393 e. The molecule has 2 nitrogen and oxygen atoms in total. The molecule has 0 spiro atoms. The van der Waals surface area contributed by atoms with Crippen LogP contribution in [0.1, 0.15) is 27.2 Å². The molecule has 56 valence electrons. The van der Waals surface area contributed by atoms with Crippen LogP contribution in [0.2, 0.25) is 0 Å². The van der Waals surface area contributed by atoms with Crippen molar-refractivity contribution in [1.82, 2.24) is 0 Å². The molecule has 9 heavy (non-hydrogen) atoms. The molecule has 0 aliphatic carbocycles. The highest BCUT2D eigenvalue weighted by molar-refractivity contribution is 4.54. The largest absolute Gasteiger partial charge is 0.393 e. The van der Waals surface area contributed by atoms with Crippen LogP contribution in [0, 0.1) is 0 Å². The van der Waals surface area contributed by atoms with E-state index in [0.29, 0.717) is 0 Å². The molecule has 2 atom stereocenters. The highest BCUT2D eigenvalue weighted by Gasteiger charge is 2.03. The van der Waals surface area contributed by atoms with Crippen molar-refractivity contribution in [3.8, 4) is 0 Å². The van der Waals surface area contributed by atoms with E-state index >= 15 is 0 Å². The monoisotopic (exact) mass is 132 g/mol. The molecule has 2 heteroatoms. The van der Waals surface area contributed by atoms with Gasteiger partial charge in [0.05, 0.1) is 12.2 Å². The van der Waals surface area contributed by atoms with Crippen LogP contribution >= 0.6 is 0 Å². The Bertz CT molecular complexity index is 61.9. The molecular formula is C7H16O2. The second kappa shape index (κ2) is 4.77. The second-order valence-electron chi connectivity index (χ2n) is 2.35. The van der Waals surface area contributed by atoms with Crippen LogP contribution in [0.25, 0.3) is 0 Å². The molecule has 0 fully saturated rings. The zero-order valence-corrected chi connectivity index (χ0v) is 6.42. The van der Waals surface area contributed by atoms with E-state index in [1.54, 1.807) is 6.92 Å². The molecule has 0 saturated heterocycles. The van der Waals surface area contributed by atoms with Gasteiger partial charge in [-0.1, -0.05) is 0 Å². The lowest BCUT2D eigenvalue weighted by Gasteiger charge is -2.12. The van der Waals surface area contributed by atoms with Gasteiger partial charge in [-0.05, 0) is 27.2 Å². The van der Waals surface area contributed by atoms with Gasteiger partial charge in [-0.2, -0.15) is 0 Å². The van der Waals surface area contributed by atoms with Crippen LogP contribution in [0.4, 0.5) is 0 Å². The molecule has 0 aliphatic rings. The first-order valence-electron chi connectivity index (χ1n) is 3.46. The fourth-order valence-corrected chi connectivity index (χ4v) is 0.833. The Morgan fingerprint density at radius 1 is 1.44 bits per heavy atom. The number of hydrogen-bond acceptors (Lipinski definition) is 2. The van der Waals surface area contributed by atoms with Crippen molar-refractivity contribution in [1.29, 1.82) is 0 Å². The molecule has 0 aliphatic heterocycles. The van der Waals surface area contributed by atoms with Gasteiger partial charge >= 0.3 is 0 Å². The van der Waals surface area contributed by atoms with E-state index in [2.05, 4.69) is 0 Å². The quantitative estimate of drug-likeness (QED) is 0.622. The summed E-state index contributed by atoms with van der Waals surface area (Å²) < 4.78 is 5.19. The van der Waals surface area contributed by atoms with Crippen LogP contribution < -0.4 is 0 Å². The molecule has 0 aromatic heterocycles. The first-order chi connectivity index (χ1) is 4.16. The lowest BCUT2D eigenvalue weighted by molar-refractivity contribution is 0.0364. The lowest BCUT2D eigenvalue weighted by atomic mass is 10.2. The highest BCUT2D eigenvalue weighted by atomic mass is 16.5. The van der Waals surface area contributed by atoms with E-state index in [9.17, 15) is 0 Å². The third-order valence-electron chi connectivity index (χ3n) is 1.12. The smallest absolute Gasteiger partial charge is 0.0571 e. The fraction of sp³-hybridized carbons (Fsp3) is 1.00. The summed E-state index contributed by atoms with van der Waals surface area (Å²) in [5.41, 5.74) is 0. The Labute approximate surface area is 56.8 Å². The Balaban J connectivity index is 3.15. The van der Waals surface area contributed by atoms with E-state index in [1.807, 2.05) is 13.8 Å². The van der Waals surface area contributed by atoms with Crippen molar-refractivity contribution in [2.75, 3.05) is 6.61 Å². The number of aliphatic hydroxyl groups excluding tert-OH is 1. The van der Waals surface area contributed by atoms with Crippen molar-refractivity contribution >= 4 is 0 Å². The first kappa shape index (κ1) is 8.92. The second-order valence-corrected chi connectivity index (χ2v) is 2.35. The highest BCUT2D eigenvalue weighted by Crippen LogP contribution is 2.00. The Kier molecular flexibility index (Phi) is 4.72. The molecule has 0 heterocycles. The zero-order valence-electron chi connectivity index (χ0n) is 6.42. The molecule has 0 saturated carbocycles. The van der Waals surface area contributed by atoms with Gasteiger partial charge in [0.25, 0.3) is 0 Å². The average Bonchev–Trinajstić information content (AvgIpc) is 1.63. The number of ether oxygens (including phenoxy) is 1. The molecule has 0 aromatic carbocycles. The summed E-state index contributed by atoms with van der Waals surface area (Å²) in [5.74, 6) is 0. The van der Waals surface area contributed by atoms with Crippen LogP contribution in [0.3, 0.4) is 0 Å². The van der Waals surface area contributed by atoms with E-state index in [0.717, 1.165) is 13.0 Å². The van der Waals surface area contributed by atoms with Gasteiger partial charge in [0.1, 0.15) is 0 Å². The third kappa shape index (κ3) is 5.80. The first-order valence-corrected chi connectivity index (χ1v) is 3.46. The van der Waals surface area contributed by atoms with Crippen molar-refractivity contribution in [3.63, 3.8) is 0 Å². The van der Waals surface area contributed by atoms with E-state index < -0.39 is 0 Å². The molecule has 0 unspecified atom stereocenters. The van der Waals surface area contributed by atoms with E-state index in [1.165, 1.54) is 0 Å².